The van der Waals surface area contributed by atoms with Gasteiger partial charge in [0.1, 0.15) is 11.2 Å². The van der Waals surface area contributed by atoms with Gasteiger partial charge in [0, 0.05) is 49.8 Å². The second-order valence-electron chi connectivity index (χ2n) is 16.4. The number of para-hydroxylation sites is 1. The van der Waals surface area contributed by atoms with E-state index in [9.17, 15) is 0 Å². The maximum Gasteiger partial charge on any atom is 0.164 e. The third kappa shape index (κ3) is 5.21. The summed E-state index contributed by atoms with van der Waals surface area (Å²) in [6.07, 6.45) is 9.24. The van der Waals surface area contributed by atoms with E-state index >= 15 is 0 Å². The van der Waals surface area contributed by atoms with E-state index in [-0.39, 0.29) is 5.41 Å². The summed E-state index contributed by atoms with van der Waals surface area (Å²) in [5.74, 6) is 2.67. The fourth-order valence-electron chi connectivity index (χ4n) is 9.85. The Hall–Kier alpha value is -7.37. The zero-order valence-electron chi connectivity index (χ0n) is 32.7. The van der Waals surface area contributed by atoms with Crippen molar-refractivity contribution in [3.05, 3.63) is 193 Å². The first-order valence-corrected chi connectivity index (χ1v) is 20.4. The molecule has 0 bridgehead atoms. The molecule has 0 fully saturated rings. The topological polar surface area (TPSA) is 56.7 Å². The van der Waals surface area contributed by atoms with Gasteiger partial charge in [0.05, 0.1) is 11.0 Å². The van der Waals surface area contributed by atoms with Gasteiger partial charge < -0.3 is 8.98 Å². The second kappa shape index (κ2) is 12.8. The molecule has 12 rings (SSSR count). The van der Waals surface area contributed by atoms with E-state index in [0.29, 0.717) is 29.3 Å². The molecule has 3 aromatic heterocycles. The summed E-state index contributed by atoms with van der Waals surface area (Å²) in [5.41, 5.74) is 13.1. The molecule has 59 heavy (non-hydrogen) atoms. The minimum atomic E-state index is 0.0216. The van der Waals surface area contributed by atoms with Crippen molar-refractivity contribution < 1.29 is 4.42 Å². The Morgan fingerprint density at radius 1 is 0.508 bits per heavy atom. The average Bonchev–Trinajstić information content (AvgIpc) is 3.91. The number of allylic oxidation sites excluding steroid dienone is 4. The smallest absolute Gasteiger partial charge is 0.164 e. The highest BCUT2D eigenvalue weighted by Gasteiger charge is 2.45. The molecular formula is C54H38N4O. The Kier molecular flexibility index (Phi) is 7.33. The van der Waals surface area contributed by atoms with Crippen LogP contribution in [0.1, 0.15) is 30.9 Å². The monoisotopic (exact) mass is 758 g/mol. The molecular weight excluding hydrogens is 721 g/mol. The SMILES string of the molecule is CC1(C)c2cc3c(cc2C2C=CC=CC21)c1cc(-c2ccc4oc5cccc(-c6nc(-c7ccccc7)nc(-c7ccccc7)n6)c5c4c2)ccc1n3-c1ccccc1. The quantitative estimate of drug-likeness (QED) is 0.175. The van der Waals surface area contributed by atoms with Crippen LogP contribution < -0.4 is 0 Å². The standard InChI is InChI=1S/C54H38N4O/c1-54(2)44-23-13-12-21-38(44)40-31-42-41-29-35(25-27-46(41)58(47(42)32-45(40)54)37-19-10-5-11-20-37)36-26-28-48-43(30-36)50-39(22-14-24-49(50)59-48)53-56-51(33-15-6-3-7-16-33)55-52(57-53)34-17-8-4-9-18-34/h3-32,38,44H,1-2H3. The van der Waals surface area contributed by atoms with Crippen LogP contribution in [-0.4, -0.2) is 19.5 Å². The van der Waals surface area contributed by atoms with E-state index in [4.69, 9.17) is 19.4 Å². The molecule has 3 heterocycles. The molecule has 280 valence electrons. The number of rotatable bonds is 5. The molecule has 2 atom stereocenters. The third-order valence-corrected chi connectivity index (χ3v) is 12.7. The largest absolute Gasteiger partial charge is 0.456 e. The summed E-state index contributed by atoms with van der Waals surface area (Å²) in [5, 5.41) is 4.52. The highest BCUT2D eigenvalue weighted by Crippen LogP contribution is 2.54. The highest BCUT2D eigenvalue weighted by atomic mass is 16.3. The number of hydrogen-bond donors (Lipinski definition) is 0. The van der Waals surface area contributed by atoms with Crippen LogP contribution in [-0.2, 0) is 5.41 Å². The Morgan fingerprint density at radius 2 is 1.14 bits per heavy atom. The molecule has 10 aromatic rings. The van der Waals surface area contributed by atoms with Crippen molar-refractivity contribution in [1.29, 1.82) is 0 Å². The highest BCUT2D eigenvalue weighted by molar-refractivity contribution is 6.14. The van der Waals surface area contributed by atoms with E-state index in [0.717, 1.165) is 55.4 Å². The van der Waals surface area contributed by atoms with Gasteiger partial charge in [-0.05, 0) is 88.2 Å². The minimum Gasteiger partial charge on any atom is -0.456 e. The van der Waals surface area contributed by atoms with Crippen LogP contribution in [0, 0.1) is 5.92 Å². The van der Waals surface area contributed by atoms with Gasteiger partial charge in [-0.3, -0.25) is 0 Å². The summed E-state index contributed by atoms with van der Waals surface area (Å²) < 4.78 is 8.98. The van der Waals surface area contributed by atoms with E-state index in [1.807, 2.05) is 72.8 Å². The number of fused-ring (bicyclic) bond motifs is 9. The van der Waals surface area contributed by atoms with Gasteiger partial charge in [0.2, 0.25) is 0 Å². The number of aromatic nitrogens is 4. The molecule has 0 aliphatic heterocycles. The average molecular weight is 759 g/mol. The molecule has 2 aliphatic rings. The molecule has 0 saturated carbocycles. The molecule has 0 saturated heterocycles. The predicted octanol–water partition coefficient (Wildman–Crippen LogP) is 13.7. The lowest BCUT2D eigenvalue weighted by molar-refractivity contribution is 0.394. The minimum absolute atomic E-state index is 0.0216. The Bertz CT molecular complexity index is 3300. The van der Waals surface area contributed by atoms with Crippen LogP contribution in [0.15, 0.2) is 186 Å². The van der Waals surface area contributed by atoms with Crippen molar-refractivity contribution in [2.75, 3.05) is 0 Å². The van der Waals surface area contributed by atoms with Crippen molar-refractivity contribution in [3.63, 3.8) is 0 Å². The molecule has 2 unspecified atom stereocenters. The fourth-order valence-corrected chi connectivity index (χ4v) is 9.85. The lowest BCUT2D eigenvalue weighted by Crippen LogP contribution is -2.24. The van der Waals surface area contributed by atoms with E-state index < -0.39 is 0 Å². The second-order valence-corrected chi connectivity index (χ2v) is 16.4. The lowest BCUT2D eigenvalue weighted by Gasteiger charge is -2.29. The Morgan fingerprint density at radius 3 is 1.86 bits per heavy atom. The maximum absolute atomic E-state index is 6.53. The van der Waals surface area contributed by atoms with Crippen LogP contribution in [0.5, 0.6) is 0 Å². The number of benzene rings is 7. The van der Waals surface area contributed by atoms with E-state index in [1.54, 1.807) is 0 Å². The van der Waals surface area contributed by atoms with Gasteiger partial charge in [-0.1, -0.05) is 141 Å². The van der Waals surface area contributed by atoms with Gasteiger partial charge in [-0.2, -0.15) is 0 Å². The predicted molar refractivity (Wildman–Crippen MR) is 241 cm³/mol. The van der Waals surface area contributed by atoms with Crippen LogP contribution in [0.25, 0.3) is 94.7 Å². The molecule has 5 nitrogen and oxygen atoms in total. The number of nitrogens with zero attached hydrogens (tertiary/aromatic N) is 4. The van der Waals surface area contributed by atoms with Crippen molar-refractivity contribution in [2.45, 2.75) is 25.2 Å². The first kappa shape index (κ1) is 33.7. The van der Waals surface area contributed by atoms with Crippen molar-refractivity contribution in [3.8, 4) is 51.0 Å². The maximum atomic E-state index is 6.53. The normalized spacial score (nSPS) is 16.6. The zero-order chi connectivity index (χ0) is 39.2. The van der Waals surface area contributed by atoms with Gasteiger partial charge >= 0.3 is 0 Å². The summed E-state index contributed by atoms with van der Waals surface area (Å²) in [6.45, 7) is 4.82. The van der Waals surface area contributed by atoms with Crippen molar-refractivity contribution in [2.24, 2.45) is 5.92 Å². The fraction of sp³-hybridized carbons (Fsp3) is 0.0926. The van der Waals surface area contributed by atoms with Crippen LogP contribution >= 0.6 is 0 Å². The van der Waals surface area contributed by atoms with Crippen molar-refractivity contribution in [1.82, 2.24) is 19.5 Å². The summed E-state index contributed by atoms with van der Waals surface area (Å²) in [4.78, 5) is 15.1. The Labute approximate surface area is 341 Å². The van der Waals surface area contributed by atoms with Gasteiger partial charge in [-0.25, -0.2) is 15.0 Å². The van der Waals surface area contributed by atoms with Crippen molar-refractivity contribution >= 4 is 43.7 Å². The molecule has 0 spiro atoms. The van der Waals surface area contributed by atoms with E-state index in [2.05, 4.69) is 128 Å². The molecule has 0 N–H and O–H groups in total. The lowest BCUT2D eigenvalue weighted by atomic mass is 9.74. The molecule has 5 heteroatoms. The van der Waals surface area contributed by atoms with Crippen LogP contribution in [0.4, 0.5) is 0 Å². The third-order valence-electron chi connectivity index (χ3n) is 12.7. The van der Waals surface area contributed by atoms with Crippen LogP contribution in [0.3, 0.4) is 0 Å². The van der Waals surface area contributed by atoms with Gasteiger partial charge in [0.25, 0.3) is 0 Å². The van der Waals surface area contributed by atoms with Gasteiger partial charge in [-0.15, -0.1) is 0 Å². The first-order chi connectivity index (χ1) is 29.0. The Balaban J connectivity index is 1.05. The number of hydrogen-bond acceptors (Lipinski definition) is 4. The van der Waals surface area contributed by atoms with E-state index in [1.165, 1.54) is 32.9 Å². The zero-order valence-corrected chi connectivity index (χ0v) is 32.7. The molecule has 0 amide bonds. The molecule has 0 radical (unpaired) electrons. The molecule has 7 aromatic carbocycles. The summed E-state index contributed by atoms with van der Waals surface area (Å²) in [7, 11) is 0. The van der Waals surface area contributed by atoms with Crippen LogP contribution in [0.2, 0.25) is 0 Å². The molecule has 2 aliphatic carbocycles. The first-order valence-electron chi connectivity index (χ1n) is 20.4. The number of furan rings is 1. The summed E-state index contributed by atoms with van der Waals surface area (Å²) >= 11 is 0. The van der Waals surface area contributed by atoms with Gasteiger partial charge in [0.15, 0.2) is 17.5 Å². The summed E-state index contributed by atoms with van der Waals surface area (Å²) in [6, 6.07) is 55.6.